The van der Waals surface area contributed by atoms with Crippen molar-refractivity contribution in [3.05, 3.63) is 29.8 Å². The number of nitrogens with two attached hydrogens (primary N) is 1. The van der Waals surface area contributed by atoms with E-state index in [0.717, 1.165) is 25.0 Å². The van der Waals surface area contributed by atoms with Crippen LogP contribution in [0.5, 0.6) is 5.75 Å². The number of para-hydroxylation sites is 1. The zero-order valence-corrected chi connectivity index (χ0v) is 10.5. The average Bonchev–Trinajstić information content (AvgIpc) is 2.75. The Bertz CT molecular complexity index is 480. The van der Waals surface area contributed by atoms with Gasteiger partial charge in [-0.15, -0.1) is 0 Å². The van der Waals surface area contributed by atoms with Gasteiger partial charge in [-0.05, 0) is 37.3 Å². The van der Waals surface area contributed by atoms with E-state index in [1.807, 2.05) is 0 Å². The van der Waals surface area contributed by atoms with Crippen LogP contribution in [0.2, 0.25) is 0 Å². The minimum absolute atomic E-state index is 0.0207. The van der Waals surface area contributed by atoms with Gasteiger partial charge in [-0.3, -0.25) is 0 Å². The first kappa shape index (κ1) is 13.8. The summed E-state index contributed by atoms with van der Waals surface area (Å²) in [4.78, 5) is 0. The van der Waals surface area contributed by atoms with E-state index in [9.17, 15) is 8.78 Å². The van der Waals surface area contributed by atoms with Gasteiger partial charge >= 0.3 is 0 Å². The number of nitriles is 1. The molecule has 0 heterocycles. The molecular weight excluding hydrogens is 250 g/mol. The molecule has 5 heteroatoms. The number of hydrogen-bond donors (Lipinski definition) is 1. The molecule has 0 saturated heterocycles. The molecule has 1 aliphatic rings. The quantitative estimate of drug-likeness (QED) is 0.911. The molecule has 0 amide bonds. The summed E-state index contributed by atoms with van der Waals surface area (Å²) in [7, 11) is 0. The van der Waals surface area contributed by atoms with Crippen molar-refractivity contribution in [3.8, 4) is 11.8 Å². The Morgan fingerprint density at radius 3 is 2.74 bits per heavy atom. The van der Waals surface area contributed by atoms with Gasteiger partial charge in [0.15, 0.2) is 17.4 Å². The Balaban J connectivity index is 1.93. The number of benzene rings is 1. The van der Waals surface area contributed by atoms with Crippen molar-refractivity contribution in [2.24, 2.45) is 11.7 Å². The molecule has 2 atom stereocenters. The molecule has 1 aromatic carbocycles. The van der Waals surface area contributed by atoms with Gasteiger partial charge < -0.3 is 10.5 Å². The van der Waals surface area contributed by atoms with Crippen molar-refractivity contribution >= 4 is 0 Å². The lowest BCUT2D eigenvalue weighted by Crippen LogP contribution is -2.42. The molecule has 102 valence electrons. The largest absolute Gasteiger partial charge is 0.488 e. The van der Waals surface area contributed by atoms with Gasteiger partial charge in [0, 0.05) is 0 Å². The number of ether oxygens (including phenoxy) is 1. The minimum atomic E-state index is -0.822. The molecule has 0 bridgehead atoms. The minimum Gasteiger partial charge on any atom is -0.488 e. The normalized spacial score (nSPS) is 26.1. The summed E-state index contributed by atoms with van der Waals surface area (Å²) >= 11 is 0. The highest BCUT2D eigenvalue weighted by atomic mass is 19.1. The number of rotatable bonds is 4. The second kappa shape index (κ2) is 5.54. The first-order valence-corrected chi connectivity index (χ1v) is 6.34. The molecule has 0 radical (unpaired) electrons. The van der Waals surface area contributed by atoms with E-state index in [-0.39, 0.29) is 18.3 Å². The molecule has 2 N–H and O–H groups in total. The topological polar surface area (TPSA) is 59.0 Å². The summed E-state index contributed by atoms with van der Waals surface area (Å²) in [5, 5.41) is 9.06. The molecule has 1 saturated carbocycles. The average molecular weight is 266 g/mol. The highest BCUT2D eigenvalue weighted by Gasteiger charge is 2.39. The maximum Gasteiger partial charge on any atom is 0.190 e. The third-order valence-electron chi connectivity index (χ3n) is 3.71. The van der Waals surface area contributed by atoms with E-state index >= 15 is 0 Å². The molecule has 1 aromatic rings. The molecule has 2 unspecified atom stereocenters. The monoisotopic (exact) mass is 266 g/mol. The van der Waals surface area contributed by atoms with E-state index in [0.29, 0.717) is 12.8 Å². The Morgan fingerprint density at radius 2 is 2.11 bits per heavy atom. The summed E-state index contributed by atoms with van der Waals surface area (Å²) in [6.07, 6.45) is 2.95. The lowest BCUT2D eigenvalue weighted by atomic mass is 9.87. The Hall–Kier alpha value is -1.67. The SMILES string of the molecule is N#CC1(N)CCCC1CCOc1c(F)cccc1F. The maximum atomic E-state index is 13.3. The Kier molecular flexibility index (Phi) is 4.01. The standard InChI is InChI=1S/C14H16F2N2O/c15-11-4-1-5-12(16)13(11)19-8-6-10-3-2-7-14(10,18)9-17/h1,4-5,10H,2-3,6-8,18H2. The van der Waals surface area contributed by atoms with Crippen molar-refractivity contribution in [1.29, 1.82) is 5.26 Å². The first-order chi connectivity index (χ1) is 9.07. The van der Waals surface area contributed by atoms with Crippen LogP contribution in [0.3, 0.4) is 0 Å². The molecular formula is C14H16F2N2O. The van der Waals surface area contributed by atoms with Gasteiger partial charge in [0.25, 0.3) is 0 Å². The fourth-order valence-corrected chi connectivity index (χ4v) is 2.58. The van der Waals surface area contributed by atoms with Gasteiger partial charge in [-0.25, -0.2) is 8.78 Å². The lowest BCUT2D eigenvalue weighted by Gasteiger charge is -2.23. The van der Waals surface area contributed by atoms with Crippen molar-refractivity contribution in [2.75, 3.05) is 6.61 Å². The van der Waals surface area contributed by atoms with Crippen LogP contribution in [0.25, 0.3) is 0 Å². The summed E-state index contributed by atoms with van der Waals surface area (Å²) in [5.41, 5.74) is 5.15. The fourth-order valence-electron chi connectivity index (χ4n) is 2.58. The van der Waals surface area contributed by atoms with Crippen molar-refractivity contribution < 1.29 is 13.5 Å². The summed E-state index contributed by atoms with van der Waals surface area (Å²) in [6, 6.07) is 5.72. The maximum absolute atomic E-state index is 13.3. The number of halogens is 2. The van der Waals surface area contributed by atoms with Gasteiger partial charge in [-0.2, -0.15) is 5.26 Å². The third kappa shape index (κ3) is 2.85. The zero-order chi connectivity index (χ0) is 13.9. The highest BCUT2D eigenvalue weighted by molar-refractivity contribution is 5.26. The van der Waals surface area contributed by atoms with Crippen molar-refractivity contribution in [3.63, 3.8) is 0 Å². The summed E-state index contributed by atoms with van der Waals surface area (Å²) in [5.74, 6) is -1.77. The Morgan fingerprint density at radius 1 is 1.42 bits per heavy atom. The Labute approximate surface area is 111 Å². The van der Waals surface area contributed by atoms with Gasteiger partial charge in [0.05, 0.1) is 12.7 Å². The van der Waals surface area contributed by atoms with Crippen LogP contribution >= 0.6 is 0 Å². The van der Waals surface area contributed by atoms with E-state index in [1.54, 1.807) is 0 Å². The van der Waals surface area contributed by atoms with Gasteiger partial charge in [-0.1, -0.05) is 12.5 Å². The number of nitrogens with zero attached hydrogens (tertiary/aromatic N) is 1. The fraction of sp³-hybridized carbons (Fsp3) is 0.500. The van der Waals surface area contributed by atoms with E-state index in [4.69, 9.17) is 15.7 Å². The number of hydrogen-bond acceptors (Lipinski definition) is 3. The van der Waals surface area contributed by atoms with Crippen molar-refractivity contribution in [2.45, 2.75) is 31.2 Å². The molecule has 0 aliphatic heterocycles. The molecule has 19 heavy (non-hydrogen) atoms. The van der Waals surface area contributed by atoms with Crippen LogP contribution in [-0.4, -0.2) is 12.1 Å². The molecule has 3 nitrogen and oxygen atoms in total. The third-order valence-corrected chi connectivity index (χ3v) is 3.71. The predicted molar refractivity (Wildman–Crippen MR) is 66.3 cm³/mol. The van der Waals surface area contributed by atoms with Gasteiger partial charge in [0.1, 0.15) is 5.54 Å². The van der Waals surface area contributed by atoms with Gasteiger partial charge in [0.2, 0.25) is 0 Å². The van der Waals surface area contributed by atoms with Crippen LogP contribution in [-0.2, 0) is 0 Å². The molecule has 0 spiro atoms. The van der Waals surface area contributed by atoms with Crippen LogP contribution < -0.4 is 10.5 Å². The van der Waals surface area contributed by atoms with E-state index in [1.165, 1.54) is 6.07 Å². The van der Waals surface area contributed by atoms with Crippen LogP contribution in [0.15, 0.2) is 18.2 Å². The first-order valence-electron chi connectivity index (χ1n) is 6.34. The molecule has 1 aliphatic carbocycles. The second-order valence-corrected chi connectivity index (χ2v) is 4.93. The summed E-state index contributed by atoms with van der Waals surface area (Å²) in [6.45, 7) is 0.156. The smallest absolute Gasteiger partial charge is 0.190 e. The van der Waals surface area contributed by atoms with E-state index < -0.39 is 17.2 Å². The second-order valence-electron chi connectivity index (χ2n) is 4.93. The predicted octanol–water partition coefficient (Wildman–Crippen LogP) is 2.75. The van der Waals surface area contributed by atoms with E-state index in [2.05, 4.69) is 6.07 Å². The highest BCUT2D eigenvalue weighted by Crippen LogP contribution is 2.35. The van der Waals surface area contributed by atoms with Crippen molar-refractivity contribution in [1.82, 2.24) is 0 Å². The summed E-state index contributed by atoms with van der Waals surface area (Å²) < 4.78 is 31.8. The van der Waals surface area contributed by atoms with Crippen LogP contribution in [0.1, 0.15) is 25.7 Å². The van der Waals surface area contributed by atoms with Crippen LogP contribution in [0.4, 0.5) is 8.78 Å². The molecule has 1 fully saturated rings. The molecule has 2 rings (SSSR count). The molecule has 0 aromatic heterocycles. The van der Waals surface area contributed by atoms with Crippen LogP contribution in [0, 0.1) is 28.9 Å². The zero-order valence-electron chi connectivity index (χ0n) is 10.5. The lowest BCUT2D eigenvalue weighted by molar-refractivity contribution is 0.237.